The molecule has 35 heavy (non-hydrogen) atoms. The Bertz CT molecular complexity index is 1320. The second kappa shape index (κ2) is 9.92. The quantitative estimate of drug-likeness (QED) is 0.365. The van der Waals surface area contributed by atoms with Crippen LogP contribution in [0.1, 0.15) is 24.3 Å². The molecule has 1 unspecified atom stereocenters. The maximum Gasteiger partial charge on any atom is 0.323 e. The van der Waals surface area contributed by atoms with Crippen molar-refractivity contribution < 1.29 is 14.3 Å². The summed E-state index contributed by atoms with van der Waals surface area (Å²) < 4.78 is 10.7. The van der Waals surface area contributed by atoms with Crippen LogP contribution in [0.5, 0.6) is 11.5 Å². The lowest BCUT2D eigenvalue weighted by Crippen LogP contribution is -2.35. The molecular weight excluding hydrogens is 444 g/mol. The molecule has 1 aliphatic rings. The summed E-state index contributed by atoms with van der Waals surface area (Å²) in [7, 11) is 3.11. The molecule has 2 amide bonds. The van der Waals surface area contributed by atoms with Gasteiger partial charge in [-0.15, -0.1) is 0 Å². The summed E-state index contributed by atoms with van der Waals surface area (Å²) in [5.74, 6) is 2.33. The first-order chi connectivity index (χ1) is 17.2. The number of anilines is 3. The Morgan fingerprint density at radius 3 is 2.66 bits per heavy atom. The van der Waals surface area contributed by atoms with Crippen LogP contribution >= 0.6 is 0 Å². The number of hydrogen-bond acceptors (Lipinski definition) is 6. The third-order valence-corrected chi connectivity index (χ3v) is 6.34. The van der Waals surface area contributed by atoms with Gasteiger partial charge in [0, 0.05) is 30.9 Å². The van der Waals surface area contributed by atoms with Gasteiger partial charge < -0.3 is 30.0 Å². The summed E-state index contributed by atoms with van der Waals surface area (Å²) in [6.07, 6.45) is 5.64. The van der Waals surface area contributed by atoms with Gasteiger partial charge in [0.1, 0.15) is 35.0 Å². The van der Waals surface area contributed by atoms with Gasteiger partial charge in [-0.05, 0) is 48.7 Å². The number of aromatic amines is 1. The number of ether oxygens (including phenoxy) is 2. The highest BCUT2D eigenvalue weighted by atomic mass is 16.5. The van der Waals surface area contributed by atoms with Crippen molar-refractivity contribution in [3.63, 3.8) is 0 Å². The normalized spacial score (nSPS) is 15.6. The van der Waals surface area contributed by atoms with E-state index in [4.69, 9.17) is 9.47 Å². The highest BCUT2D eigenvalue weighted by Gasteiger charge is 2.24. The lowest BCUT2D eigenvalue weighted by atomic mass is 9.90. The van der Waals surface area contributed by atoms with Gasteiger partial charge in [0.15, 0.2) is 0 Å². The molecule has 0 aliphatic carbocycles. The largest absolute Gasteiger partial charge is 0.494 e. The number of H-pyrrole nitrogens is 1. The van der Waals surface area contributed by atoms with E-state index in [-0.39, 0.29) is 6.03 Å². The van der Waals surface area contributed by atoms with Crippen molar-refractivity contribution >= 4 is 34.3 Å². The third kappa shape index (κ3) is 4.70. The standard InChI is InChI=1S/C26H28N6O3/c1-34-21-9-4-10-22(35-2)23(21)31-26(33)30-19-8-3-6-17(14-19)18-7-5-13-32(15-18)25-20-11-12-27-24(20)28-16-29-25/h3-4,6,8-12,14,16,18H,5,7,13,15H2,1-2H3,(H,27,28,29)(H2,30,31,33). The third-order valence-electron chi connectivity index (χ3n) is 6.34. The molecule has 0 radical (unpaired) electrons. The zero-order valence-electron chi connectivity index (χ0n) is 19.7. The summed E-state index contributed by atoms with van der Waals surface area (Å²) in [4.78, 5) is 27.1. The van der Waals surface area contributed by atoms with Crippen LogP contribution in [0.15, 0.2) is 61.1 Å². The minimum Gasteiger partial charge on any atom is -0.494 e. The van der Waals surface area contributed by atoms with Crippen molar-refractivity contribution in [3.05, 3.63) is 66.6 Å². The van der Waals surface area contributed by atoms with Crippen molar-refractivity contribution in [2.24, 2.45) is 0 Å². The van der Waals surface area contributed by atoms with Crippen molar-refractivity contribution in [3.8, 4) is 11.5 Å². The molecule has 1 atom stereocenters. The van der Waals surface area contributed by atoms with Crippen LogP contribution in [0.3, 0.4) is 0 Å². The van der Waals surface area contributed by atoms with Crippen LogP contribution in [0.25, 0.3) is 11.0 Å². The topological polar surface area (TPSA) is 104 Å². The highest BCUT2D eigenvalue weighted by Crippen LogP contribution is 2.35. The van der Waals surface area contributed by atoms with Gasteiger partial charge in [-0.25, -0.2) is 14.8 Å². The second-order valence-electron chi connectivity index (χ2n) is 8.46. The molecule has 2 aromatic heterocycles. The fourth-order valence-electron chi connectivity index (χ4n) is 4.67. The van der Waals surface area contributed by atoms with Crippen LogP contribution in [0, 0.1) is 0 Å². The summed E-state index contributed by atoms with van der Waals surface area (Å²) in [5, 5.41) is 6.82. The van der Waals surface area contributed by atoms with Crippen LogP contribution in [0.4, 0.5) is 22.0 Å². The first kappa shape index (κ1) is 22.5. The van der Waals surface area contributed by atoms with E-state index in [1.165, 1.54) is 5.56 Å². The Labute approximate surface area is 203 Å². The Kier molecular flexibility index (Phi) is 6.38. The molecule has 9 nitrogen and oxygen atoms in total. The number of rotatable bonds is 6. The van der Waals surface area contributed by atoms with Gasteiger partial charge in [0.2, 0.25) is 0 Å². The van der Waals surface area contributed by atoms with E-state index in [1.807, 2.05) is 30.5 Å². The van der Waals surface area contributed by atoms with Crippen LogP contribution in [-0.4, -0.2) is 48.3 Å². The number of carbonyl (C=O) groups is 1. The molecule has 2 aromatic carbocycles. The summed E-state index contributed by atoms with van der Waals surface area (Å²) in [6.45, 7) is 1.81. The van der Waals surface area contributed by atoms with E-state index in [0.717, 1.165) is 48.5 Å². The Balaban J connectivity index is 1.30. The van der Waals surface area contributed by atoms with Gasteiger partial charge in [-0.2, -0.15) is 0 Å². The van der Waals surface area contributed by atoms with Gasteiger partial charge in [-0.1, -0.05) is 18.2 Å². The number of hydrogen-bond donors (Lipinski definition) is 3. The molecular formula is C26H28N6O3. The van der Waals surface area contributed by atoms with Crippen molar-refractivity contribution in [1.29, 1.82) is 0 Å². The molecule has 4 aromatic rings. The number of benzene rings is 2. The number of para-hydroxylation sites is 1. The Morgan fingerprint density at radius 2 is 1.86 bits per heavy atom. The predicted molar refractivity (Wildman–Crippen MR) is 137 cm³/mol. The molecule has 1 fully saturated rings. The molecule has 0 bridgehead atoms. The SMILES string of the molecule is COc1cccc(OC)c1NC(=O)Nc1cccc(C2CCCN(c3ncnc4[nH]ccc34)C2)c1. The molecule has 3 N–H and O–H groups in total. The number of methoxy groups -OCH3 is 2. The first-order valence-electron chi connectivity index (χ1n) is 11.6. The zero-order valence-corrected chi connectivity index (χ0v) is 19.7. The second-order valence-corrected chi connectivity index (χ2v) is 8.46. The van der Waals surface area contributed by atoms with Crippen LogP contribution in [0.2, 0.25) is 0 Å². The lowest BCUT2D eigenvalue weighted by molar-refractivity contribution is 0.262. The number of nitrogens with zero attached hydrogens (tertiary/aromatic N) is 3. The summed E-state index contributed by atoms with van der Waals surface area (Å²) >= 11 is 0. The van der Waals surface area contributed by atoms with E-state index < -0.39 is 0 Å². The van der Waals surface area contributed by atoms with E-state index in [1.54, 1.807) is 38.7 Å². The molecule has 180 valence electrons. The van der Waals surface area contributed by atoms with Crippen LogP contribution in [-0.2, 0) is 0 Å². The maximum atomic E-state index is 12.8. The molecule has 3 heterocycles. The van der Waals surface area contributed by atoms with Gasteiger partial charge in [0.05, 0.1) is 19.6 Å². The van der Waals surface area contributed by atoms with E-state index in [0.29, 0.717) is 23.1 Å². The lowest BCUT2D eigenvalue weighted by Gasteiger charge is -2.34. The minimum absolute atomic E-state index is 0.326. The fraction of sp³-hybridized carbons (Fsp3) is 0.269. The van der Waals surface area contributed by atoms with E-state index >= 15 is 0 Å². The first-order valence-corrected chi connectivity index (χ1v) is 11.6. The van der Waals surface area contributed by atoms with Gasteiger partial charge in [-0.3, -0.25) is 0 Å². The fourth-order valence-corrected chi connectivity index (χ4v) is 4.67. The van der Waals surface area contributed by atoms with Crippen molar-refractivity contribution in [1.82, 2.24) is 15.0 Å². The predicted octanol–water partition coefficient (Wildman–Crippen LogP) is 5.00. The zero-order chi connectivity index (χ0) is 24.2. The average molecular weight is 473 g/mol. The molecule has 0 spiro atoms. The molecule has 5 rings (SSSR count). The maximum absolute atomic E-state index is 12.8. The molecule has 1 saturated heterocycles. The average Bonchev–Trinajstić information content (AvgIpc) is 3.38. The summed E-state index contributed by atoms with van der Waals surface area (Å²) in [5.41, 5.74) is 3.23. The Morgan fingerprint density at radius 1 is 1.06 bits per heavy atom. The smallest absolute Gasteiger partial charge is 0.323 e. The van der Waals surface area contributed by atoms with E-state index in [9.17, 15) is 4.79 Å². The highest BCUT2D eigenvalue weighted by molar-refractivity contribution is 6.01. The summed E-state index contributed by atoms with van der Waals surface area (Å²) in [6, 6.07) is 15.0. The monoisotopic (exact) mass is 472 g/mol. The number of carbonyl (C=O) groups excluding carboxylic acids is 1. The van der Waals surface area contributed by atoms with Crippen LogP contribution < -0.4 is 25.0 Å². The van der Waals surface area contributed by atoms with Gasteiger partial charge >= 0.3 is 6.03 Å². The van der Waals surface area contributed by atoms with Gasteiger partial charge in [0.25, 0.3) is 0 Å². The number of aromatic nitrogens is 3. The minimum atomic E-state index is -0.369. The molecule has 1 aliphatic heterocycles. The molecule has 9 heteroatoms. The number of nitrogens with one attached hydrogen (secondary N) is 3. The number of urea groups is 1. The molecule has 0 saturated carbocycles. The number of piperidine rings is 1. The van der Waals surface area contributed by atoms with E-state index in [2.05, 4.69) is 36.6 Å². The number of amides is 2. The Hall–Kier alpha value is -4.27. The number of fused-ring (bicyclic) bond motifs is 1. The van der Waals surface area contributed by atoms with Crippen molar-refractivity contribution in [2.75, 3.05) is 42.8 Å². The van der Waals surface area contributed by atoms with Crippen molar-refractivity contribution in [2.45, 2.75) is 18.8 Å².